The zero-order valence-electron chi connectivity index (χ0n) is 5.89. The fourth-order valence-electron chi connectivity index (χ4n) is 0.339. The Kier molecular flexibility index (Phi) is 5.10. The SMILES string of the molecule is C=CC(C)SC(=S)CC. The summed E-state index contributed by atoms with van der Waals surface area (Å²) >= 11 is 6.73. The van der Waals surface area contributed by atoms with Gasteiger partial charge in [0, 0.05) is 9.45 Å². The van der Waals surface area contributed by atoms with Gasteiger partial charge >= 0.3 is 0 Å². The molecule has 0 spiro atoms. The minimum atomic E-state index is 0.470. The number of thiocarbonyl (C=S) groups is 1. The number of hydrogen-bond donors (Lipinski definition) is 0. The highest BCUT2D eigenvalue weighted by Gasteiger charge is 1.98. The smallest absolute Gasteiger partial charge is 0.0481 e. The molecule has 0 saturated carbocycles. The molecular formula is C7H12S2. The van der Waals surface area contributed by atoms with E-state index in [9.17, 15) is 0 Å². The lowest BCUT2D eigenvalue weighted by Crippen LogP contribution is -1.94. The molecule has 0 heterocycles. The first-order valence-electron chi connectivity index (χ1n) is 3.02. The van der Waals surface area contributed by atoms with Gasteiger partial charge in [0.05, 0.1) is 0 Å². The lowest BCUT2D eigenvalue weighted by atomic mass is 10.5. The number of hydrogen-bond acceptors (Lipinski definition) is 2. The van der Waals surface area contributed by atoms with E-state index < -0.39 is 0 Å². The minimum absolute atomic E-state index is 0.470. The molecule has 52 valence electrons. The van der Waals surface area contributed by atoms with Gasteiger partial charge in [0.2, 0.25) is 0 Å². The molecule has 0 amide bonds. The first-order chi connectivity index (χ1) is 4.20. The monoisotopic (exact) mass is 160 g/mol. The Hall–Kier alpha value is 0.180. The van der Waals surface area contributed by atoms with Crippen LogP contribution >= 0.6 is 24.0 Å². The number of rotatable bonds is 3. The molecule has 0 aliphatic heterocycles. The molecule has 0 aromatic heterocycles. The van der Waals surface area contributed by atoms with Gasteiger partial charge in [-0.05, 0) is 13.3 Å². The Morgan fingerprint density at radius 3 is 2.78 bits per heavy atom. The van der Waals surface area contributed by atoms with Crippen molar-refractivity contribution in [1.82, 2.24) is 0 Å². The summed E-state index contributed by atoms with van der Waals surface area (Å²) in [5, 5.41) is 0.470. The van der Waals surface area contributed by atoms with Crippen LogP contribution in [0.4, 0.5) is 0 Å². The van der Waals surface area contributed by atoms with Gasteiger partial charge in [0.15, 0.2) is 0 Å². The van der Waals surface area contributed by atoms with Crippen molar-refractivity contribution in [2.24, 2.45) is 0 Å². The van der Waals surface area contributed by atoms with Crippen molar-refractivity contribution in [3.8, 4) is 0 Å². The van der Waals surface area contributed by atoms with Crippen molar-refractivity contribution in [3.63, 3.8) is 0 Å². The summed E-state index contributed by atoms with van der Waals surface area (Å²) in [7, 11) is 0. The van der Waals surface area contributed by atoms with Crippen molar-refractivity contribution in [1.29, 1.82) is 0 Å². The van der Waals surface area contributed by atoms with Crippen LogP contribution < -0.4 is 0 Å². The van der Waals surface area contributed by atoms with Crippen LogP contribution in [0.5, 0.6) is 0 Å². The second-order valence-electron chi connectivity index (χ2n) is 1.78. The third-order valence-electron chi connectivity index (χ3n) is 0.938. The molecule has 9 heavy (non-hydrogen) atoms. The molecule has 1 unspecified atom stereocenters. The highest BCUT2D eigenvalue weighted by Crippen LogP contribution is 2.15. The van der Waals surface area contributed by atoms with Gasteiger partial charge in [-0.25, -0.2) is 0 Å². The van der Waals surface area contributed by atoms with Crippen LogP contribution in [-0.4, -0.2) is 9.45 Å². The predicted molar refractivity (Wildman–Crippen MR) is 50.1 cm³/mol. The van der Waals surface area contributed by atoms with Gasteiger partial charge in [0.25, 0.3) is 0 Å². The van der Waals surface area contributed by atoms with E-state index in [1.54, 1.807) is 11.8 Å². The summed E-state index contributed by atoms with van der Waals surface area (Å²) < 4.78 is 1.07. The van der Waals surface area contributed by atoms with E-state index in [2.05, 4.69) is 20.4 Å². The molecule has 0 bridgehead atoms. The van der Waals surface area contributed by atoms with Crippen molar-refractivity contribution in [2.45, 2.75) is 25.5 Å². The maximum Gasteiger partial charge on any atom is 0.0481 e. The highest BCUT2D eigenvalue weighted by atomic mass is 32.2. The molecule has 0 fully saturated rings. The Bertz CT molecular complexity index is 107. The lowest BCUT2D eigenvalue weighted by molar-refractivity contribution is 1.26. The van der Waals surface area contributed by atoms with E-state index in [4.69, 9.17) is 12.2 Å². The topological polar surface area (TPSA) is 0 Å². The molecule has 0 aliphatic carbocycles. The molecule has 0 nitrogen and oxygen atoms in total. The summed E-state index contributed by atoms with van der Waals surface area (Å²) in [6, 6.07) is 0. The van der Waals surface area contributed by atoms with Crippen LogP contribution in [0.25, 0.3) is 0 Å². The first kappa shape index (κ1) is 9.18. The Labute approximate surface area is 66.7 Å². The lowest BCUT2D eigenvalue weighted by Gasteiger charge is -2.03. The van der Waals surface area contributed by atoms with E-state index in [1.807, 2.05) is 6.08 Å². The van der Waals surface area contributed by atoms with E-state index in [1.165, 1.54) is 0 Å². The van der Waals surface area contributed by atoms with Crippen molar-refractivity contribution in [2.75, 3.05) is 0 Å². The van der Waals surface area contributed by atoms with Crippen LogP contribution in [0.1, 0.15) is 20.3 Å². The first-order valence-corrected chi connectivity index (χ1v) is 4.31. The zero-order chi connectivity index (χ0) is 7.28. The zero-order valence-corrected chi connectivity index (χ0v) is 7.52. The quantitative estimate of drug-likeness (QED) is 0.460. The number of thioether (sulfide) groups is 1. The van der Waals surface area contributed by atoms with Gasteiger partial charge in [-0.1, -0.05) is 25.2 Å². The summed E-state index contributed by atoms with van der Waals surface area (Å²) in [6.45, 7) is 7.84. The van der Waals surface area contributed by atoms with E-state index in [0.717, 1.165) is 10.6 Å². The molecule has 0 aromatic carbocycles. The van der Waals surface area contributed by atoms with Gasteiger partial charge in [-0.15, -0.1) is 18.3 Å². The second-order valence-corrected chi connectivity index (χ2v) is 4.01. The van der Waals surface area contributed by atoms with E-state index in [0.29, 0.717) is 5.25 Å². The molecule has 0 aromatic rings. The Morgan fingerprint density at radius 1 is 1.89 bits per heavy atom. The van der Waals surface area contributed by atoms with Crippen LogP contribution in [0.15, 0.2) is 12.7 Å². The molecule has 0 radical (unpaired) electrons. The maximum absolute atomic E-state index is 5.01. The molecule has 1 atom stereocenters. The average Bonchev–Trinajstić information content (AvgIpc) is 1.87. The predicted octanol–water partition coefficient (Wildman–Crippen LogP) is 3.03. The van der Waals surface area contributed by atoms with Gasteiger partial charge in [-0.3, -0.25) is 0 Å². The average molecular weight is 160 g/mol. The van der Waals surface area contributed by atoms with Gasteiger partial charge in [0.1, 0.15) is 0 Å². The molecule has 0 saturated heterocycles. The summed E-state index contributed by atoms with van der Waals surface area (Å²) in [5.74, 6) is 0. The van der Waals surface area contributed by atoms with Gasteiger partial charge in [-0.2, -0.15) is 0 Å². The van der Waals surface area contributed by atoms with Crippen LogP contribution in [0, 0.1) is 0 Å². The largest absolute Gasteiger partial charge is 0.112 e. The molecule has 0 rings (SSSR count). The fraction of sp³-hybridized carbons (Fsp3) is 0.571. The summed E-state index contributed by atoms with van der Waals surface area (Å²) in [6.07, 6.45) is 2.89. The molecule has 0 N–H and O–H groups in total. The molecular weight excluding hydrogens is 148 g/mol. The second kappa shape index (κ2) is 5.00. The maximum atomic E-state index is 5.01. The van der Waals surface area contributed by atoms with Crippen LogP contribution in [-0.2, 0) is 0 Å². The highest BCUT2D eigenvalue weighted by molar-refractivity contribution is 8.23. The van der Waals surface area contributed by atoms with Crippen LogP contribution in [0.3, 0.4) is 0 Å². The van der Waals surface area contributed by atoms with Gasteiger partial charge < -0.3 is 0 Å². The van der Waals surface area contributed by atoms with Crippen LogP contribution in [0.2, 0.25) is 0 Å². The van der Waals surface area contributed by atoms with E-state index in [-0.39, 0.29) is 0 Å². The normalized spacial score (nSPS) is 12.7. The summed E-state index contributed by atoms with van der Waals surface area (Å²) in [5.41, 5.74) is 0. The van der Waals surface area contributed by atoms with Crippen molar-refractivity contribution < 1.29 is 0 Å². The standard InChI is InChI=1S/C7H12S2/c1-4-6(3)9-7(8)5-2/h4,6H,1,5H2,2-3H3. The third-order valence-corrected chi connectivity index (χ3v) is 2.63. The van der Waals surface area contributed by atoms with E-state index >= 15 is 0 Å². The molecule has 2 heteroatoms. The summed E-state index contributed by atoms with van der Waals surface area (Å²) in [4.78, 5) is 0. The Balaban J connectivity index is 3.46. The molecule has 0 aliphatic rings. The Morgan fingerprint density at radius 2 is 2.44 bits per heavy atom. The van der Waals surface area contributed by atoms with Crippen molar-refractivity contribution >= 4 is 28.2 Å². The fourth-order valence-corrected chi connectivity index (χ4v) is 1.47. The van der Waals surface area contributed by atoms with Crippen molar-refractivity contribution in [3.05, 3.63) is 12.7 Å². The third kappa shape index (κ3) is 4.67. The minimum Gasteiger partial charge on any atom is -0.112 e.